The summed E-state index contributed by atoms with van der Waals surface area (Å²) >= 11 is 6.01. The minimum Gasteiger partial charge on any atom is -0.330 e. The quantitative estimate of drug-likeness (QED) is 0.712. The molecule has 1 fully saturated rings. The van der Waals surface area contributed by atoms with Crippen molar-refractivity contribution in [3.63, 3.8) is 0 Å². The van der Waals surface area contributed by atoms with Crippen molar-refractivity contribution in [1.82, 2.24) is 4.57 Å². The number of aromatic nitrogens is 1. The van der Waals surface area contributed by atoms with Crippen LogP contribution in [0.2, 0.25) is 5.02 Å². The van der Waals surface area contributed by atoms with Gasteiger partial charge in [-0.2, -0.15) is 5.26 Å². The summed E-state index contributed by atoms with van der Waals surface area (Å²) < 4.78 is 2.01. The van der Waals surface area contributed by atoms with Gasteiger partial charge in [0.25, 0.3) is 5.56 Å². The van der Waals surface area contributed by atoms with Gasteiger partial charge in [0.2, 0.25) is 0 Å². The molecule has 2 aliphatic heterocycles. The van der Waals surface area contributed by atoms with Gasteiger partial charge < -0.3 is 9.47 Å². The maximum atomic E-state index is 13.3. The summed E-state index contributed by atoms with van der Waals surface area (Å²) in [5.74, 6) is 0.905. The van der Waals surface area contributed by atoms with Crippen molar-refractivity contribution in [2.75, 3.05) is 13.1 Å². The van der Waals surface area contributed by atoms with Crippen molar-refractivity contribution in [2.45, 2.75) is 25.4 Å². The molecule has 30 heavy (non-hydrogen) atoms. The van der Waals surface area contributed by atoms with Crippen LogP contribution in [0.15, 0.2) is 65.5 Å². The highest BCUT2D eigenvalue weighted by Crippen LogP contribution is 2.31. The largest absolute Gasteiger partial charge is 0.330 e. The lowest BCUT2D eigenvalue weighted by Gasteiger charge is -2.40. The van der Waals surface area contributed by atoms with E-state index < -0.39 is 0 Å². The van der Waals surface area contributed by atoms with E-state index in [1.165, 1.54) is 10.5 Å². The number of hydrogen-bond donors (Lipinski definition) is 1. The smallest absolute Gasteiger partial charge is 0.258 e. The average Bonchev–Trinajstić information content (AvgIpc) is 2.75. The molecule has 5 heteroatoms. The number of nitriles is 1. The zero-order valence-electron chi connectivity index (χ0n) is 16.6. The van der Waals surface area contributed by atoms with E-state index in [4.69, 9.17) is 16.9 Å². The second-order valence-electron chi connectivity index (χ2n) is 8.54. The topological polar surface area (TPSA) is 50.2 Å². The minimum atomic E-state index is 0.106. The zero-order valence-corrected chi connectivity index (χ0v) is 17.4. The van der Waals surface area contributed by atoms with Gasteiger partial charge in [-0.25, -0.2) is 0 Å². The molecule has 0 spiro atoms. The molecule has 150 valence electrons. The molecular formula is C25H23ClN3O+. The van der Waals surface area contributed by atoms with Crippen LogP contribution < -0.4 is 10.5 Å². The van der Waals surface area contributed by atoms with Gasteiger partial charge in [-0.3, -0.25) is 4.79 Å². The van der Waals surface area contributed by atoms with Gasteiger partial charge >= 0.3 is 0 Å². The number of rotatable bonds is 3. The minimum absolute atomic E-state index is 0.106. The third kappa shape index (κ3) is 3.56. The van der Waals surface area contributed by atoms with Gasteiger partial charge in [0.1, 0.15) is 6.54 Å². The molecule has 1 N–H and O–H groups in total. The molecule has 2 bridgehead atoms. The Labute approximate surface area is 181 Å². The number of benzene rings is 2. The standard InChI is InChI=1S/C25H22ClN3O/c26-22-6-4-20(5-7-22)23-8-9-24-21-11-19(15-29(24)25(23)30)14-28(16-21)13-18-3-1-2-17(10-18)12-27/h1-10,19,21H,11,13-16H2/p+1/t19-,21+/m0/s1. The fourth-order valence-corrected chi connectivity index (χ4v) is 5.33. The number of nitrogens with one attached hydrogen (secondary N) is 1. The van der Waals surface area contributed by atoms with E-state index in [0.717, 1.165) is 55.0 Å². The Morgan fingerprint density at radius 2 is 1.93 bits per heavy atom. The van der Waals surface area contributed by atoms with Crippen molar-refractivity contribution in [3.8, 4) is 17.2 Å². The van der Waals surface area contributed by atoms with E-state index in [2.05, 4.69) is 18.2 Å². The first-order chi connectivity index (χ1) is 14.6. The van der Waals surface area contributed by atoms with E-state index in [0.29, 0.717) is 16.9 Å². The van der Waals surface area contributed by atoms with E-state index >= 15 is 0 Å². The van der Waals surface area contributed by atoms with E-state index in [9.17, 15) is 4.79 Å². The highest BCUT2D eigenvalue weighted by Gasteiger charge is 2.37. The van der Waals surface area contributed by atoms with E-state index in [1.807, 2.05) is 53.1 Å². The predicted molar refractivity (Wildman–Crippen MR) is 118 cm³/mol. The van der Waals surface area contributed by atoms with E-state index in [-0.39, 0.29) is 5.56 Å². The molecule has 2 aliphatic rings. The third-order valence-electron chi connectivity index (χ3n) is 6.46. The van der Waals surface area contributed by atoms with Crippen LogP contribution in [0.25, 0.3) is 11.1 Å². The van der Waals surface area contributed by atoms with Crippen LogP contribution in [0.4, 0.5) is 0 Å². The van der Waals surface area contributed by atoms with Crippen molar-refractivity contribution in [1.29, 1.82) is 5.26 Å². The maximum absolute atomic E-state index is 13.3. The summed E-state index contributed by atoms with van der Waals surface area (Å²) in [6.45, 7) is 3.79. The second-order valence-corrected chi connectivity index (χ2v) is 8.98. The van der Waals surface area contributed by atoms with Gasteiger partial charge in [0.05, 0.1) is 24.7 Å². The first-order valence-corrected chi connectivity index (χ1v) is 10.8. The Morgan fingerprint density at radius 1 is 1.10 bits per heavy atom. The van der Waals surface area contributed by atoms with Crippen LogP contribution >= 0.6 is 11.6 Å². The number of nitrogens with zero attached hydrogens (tertiary/aromatic N) is 2. The number of pyridine rings is 1. The Morgan fingerprint density at radius 3 is 2.73 bits per heavy atom. The second kappa shape index (κ2) is 7.75. The Bertz CT molecular complexity index is 1190. The van der Waals surface area contributed by atoms with Crippen LogP contribution in [-0.4, -0.2) is 17.7 Å². The molecule has 1 unspecified atom stereocenters. The summed E-state index contributed by atoms with van der Waals surface area (Å²) in [4.78, 5) is 14.8. The van der Waals surface area contributed by atoms with Crippen LogP contribution in [-0.2, 0) is 13.1 Å². The lowest BCUT2D eigenvalue weighted by atomic mass is 9.82. The van der Waals surface area contributed by atoms with Gasteiger partial charge in [-0.1, -0.05) is 35.9 Å². The number of halogens is 1. The lowest BCUT2D eigenvalue weighted by Crippen LogP contribution is -3.13. The Balaban J connectivity index is 1.41. The van der Waals surface area contributed by atoms with Crippen LogP contribution in [0, 0.1) is 17.2 Å². The molecule has 0 aliphatic carbocycles. The molecule has 0 radical (unpaired) electrons. The van der Waals surface area contributed by atoms with Crippen LogP contribution in [0.3, 0.4) is 0 Å². The number of fused-ring (bicyclic) bond motifs is 4. The van der Waals surface area contributed by atoms with Gasteiger partial charge in [0.15, 0.2) is 0 Å². The number of piperidine rings is 1. The van der Waals surface area contributed by atoms with Crippen LogP contribution in [0.5, 0.6) is 0 Å². The molecule has 1 saturated heterocycles. The number of hydrogen-bond acceptors (Lipinski definition) is 2. The van der Waals surface area contributed by atoms with Crippen molar-refractivity contribution in [3.05, 3.63) is 92.9 Å². The highest BCUT2D eigenvalue weighted by molar-refractivity contribution is 6.30. The predicted octanol–water partition coefficient (Wildman–Crippen LogP) is 3.24. The molecule has 0 amide bonds. The molecule has 0 saturated carbocycles. The fraction of sp³-hybridized carbons (Fsp3) is 0.280. The van der Waals surface area contributed by atoms with Crippen molar-refractivity contribution < 1.29 is 4.90 Å². The number of likely N-dealkylation sites (tertiary alicyclic amines) is 1. The lowest BCUT2D eigenvalue weighted by molar-refractivity contribution is -0.924. The summed E-state index contributed by atoms with van der Waals surface area (Å²) in [7, 11) is 0. The Hall–Kier alpha value is -2.87. The summed E-state index contributed by atoms with van der Waals surface area (Å²) in [5, 5.41) is 9.83. The SMILES string of the molecule is N#Cc1cccc(C[NH+]2C[C@@H]3C[C@H](C2)c2ccc(-c4ccc(Cl)cc4)c(=O)n2C3)c1. The van der Waals surface area contributed by atoms with Gasteiger partial charge in [-0.15, -0.1) is 0 Å². The van der Waals surface area contributed by atoms with Gasteiger partial charge in [0, 0.05) is 40.2 Å². The zero-order chi connectivity index (χ0) is 20.7. The van der Waals surface area contributed by atoms with Crippen molar-refractivity contribution >= 4 is 11.6 Å². The monoisotopic (exact) mass is 416 g/mol. The first-order valence-electron chi connectivity index (χ1n) is 10.4. The molecule has 1 aromatic heterocycles. The third-order valence-corrected chi connectivity index (χ3v) is 6.71. The van der Waals surface area contributed by atoms with Crippen LogP contribution in [0.1, 0.15) is 29.2 Å². The van der Waals surface area contributed by atoms with Gasteiger partial charge in [-0.05, 0) is 48.4 Å². The molecular weight excluding hydrogens is 394 g/mol. The highest BCUT2D eigenvalue weighted by atomic mass is 35.5. The maximum Gasteiger partial charge on any atom is 0.258 e. The number of quaternary nitrogens is 1. The average molecular weight is 417 g/mol. The molecule has 3 heterocycles. The molecule has 3 aromatic rings. The van der Waals surface area contributed by atoms with E-state index in [1.54, 1.807) is 0 Å². The Kier molecular flexibility index (Phi) is 4.94. The normalized spacial score (nSPS) is 22.2. The molecule has 3 atom stereocenters. The summed E-state index contributed by atoms with van der Waals surface area (Å²) in [6.07, 6.45) is 1.15. The summed E-state index contributed by atoms with van der Waals surface area (Å²) in [6, 6.07) is 21.8. The molecule has 2 aromatic carbocycles. The first kappa shape index (κ1) is 19.1. The summed E-state index contributed by atoms with van der Waals surface area (Å²) in [5.41, 5.74) is 4.86. The molecule has 5 rings (SSSR count). The molecule has 4 nitrogen and oxygen atoms in total. The fourth-order valence-electron chi connectivity index (χ4n) is 5.20. The van der Waals surface area contributed by atoms with Crippen molar-refractivity contribution in [2.24, 2.45) is 5.92 Å².